The van der Waals surface area contributed by atoms with Crippen molar-refractivity contribution in [3.05, 3.63) is 45.9 Å². The number of carbonyl (C=O) groups excluding carboxylic acids is 1. The summed E-state index contributed by atoms with van der Waals surface area (Å²) in [6, 6.07) is 8.06. The van der Waals surface area contributed by atoms with Gasteiger partial charge < -0.3 is 10.1 Å². The van der Waals surface area contributed by atoms with Gasteiger partial charge in [-0.05, 0) is 41.6 Å². The van der Waals surface area contributed by atoms with Crippen LogP contribution in [0.5, 0.6) is 0 Å². The molecule has 26 heavy (non-hydrogen) atoms. The highest BCUT2D eigenvalue weighted by atomic mass is 32.1. The Kier molecular flexibility index (Phi) is 4.52. The Morgan fingerprint density at radius 1 is 1.42 bits per heavy atom. The lowest BCUT2D eigenvalue weighted by Crippen LogP contribution is -2.66. The van der Waals surface area contributed by atoms with Crippen molar-refractivity contribution in [1.29, 1.82) is 10.7 Å². The first-order chi connectivity index (χ1) is 12.3. The van der Waals surface area contributed by atoms with Crippen LogP contribution >= 0.6 is 11.3 Å². The van der Waals surface area contributed by atoms with E-state index in [4.69, 9.17) is 15.4 Å². The molecule has 3 rings (SSSR count). The van der Waals surface area contributed by atoms with Crippen LogP contribution in [0.1, 0.15) is 17.4 Å². The van der Waals surface area contributed by atoms with Crippen LogP contribution in [0.4, 0.5) is 4.39 Å². The number of nitriles is 1. The molecule has 6 nitrogen and oxygen atoms in total. The molecule has 0 bridgehead atoms. The Hall–Kier alpha value is -2.76. The Morgan fingerprint density at radius 2 is 2.15 bits per heavy atom. The molecule has 2 N–H and O–H groups in total. The van der Waals surface area contributed by atoms with Crippen molar-refractivity contribution < 1.29 is 13.9 Å². The number of ether oxygens (including phenoxy) is 1. The van der Waals surface area contributed by atoms with Gasteiger partial charge in [0.05, 0.1) is 5.56 Å². The highest BCUT2D eigenvalue weighted by Crippen LogP contribution is 2.37. The van der Waals surface area contributed by atoms with Crippen LogP contribution in [-0.2, 0) is 15.1 Å². The molecule has 1 aromatic heterocycles. The van der Waals surface area contributed by atoms with Crippen molar-refractivity contribution in [3.8, 4) is 17.2 Å². The quantitative estimate of drug-likeness (QED) is 0.867. The van der Waals surface area contributed by atoms with Crippen molar-refractivity contribution in [1.82, 2.24) is 10.2 Å². The van der Waals surface area contributed by atoms with Crippen LogP contribution in [0, 0.1) is 22.6 Å². The molecule has 1 aliphatic heterocycles. The van der Waals surface area contributed by atoms with Crippen LogP contribution in [0.25, 0.3) is 11.1 Å². The predicted octanol–water partition coefficient (Wildman–Crippen LogP) is 2.65. The Bertz CT molecular complexity index is 936. The smallest absolute Gasteiger partial charge is 0.260 e. The molecule has 2 heterocycles. The summed E-state index contributed by atoms with van der Waals surface area (Å²) in [5, 5.41) is 21.9. The SMILES string of the molecule is COC1C(=O)N(C)C(=N)N[C@]1(C)c1cc(-c2ccc(F)c(C#N)c2)cs1. The van der Waals surface area contributed by atoms with E-state index in [2.05, 4.69) is 5.32 Å². The predicted molar refractivity (Wildman–Crippen MR) is 96.2 cm³/mol. The minimum atomic E-state index is -0.906. The van der Waals surface area contributed by atoms with E-state index >= 15 is 0 Å². The van der Waals surface area contributed by atoms with Crippen LogP contribution < -0.4 is 5.32 Å². The number of guanidine groups is 1. The molecule has 2 atom stereocenters. The minimum Gasteiger partial charge on any atom is -0.369 e. The first-order valence-electron chi connectivity index (χ1n) is 7.78. The number of nitrogens with zero attached hydrogens (tertiary/aromatic N) is 2. The van der Waals surface area contributed by atoms with Gasteiger partial charge in [0.2, 0.25) is 0 Å². The second-order valence-electron chi connectivity index (χ2n) is 6.20. The van der Waals surface area contributed by atoms with Crippen LogP contribution in [0.2, 0.25) is 0 Å². The van der Waals surface area contributed by atoms with Gasteiger partial charge in [0, 0.05) is 19.0 Å². The standard InChI is InChI=1S/C18H17FN4O2S/c1-18(15(25-3)16(24)23(2)17(21)22-18)14-7-12(9-26-14)10-4-5-13(19)11(6-10)8-20/h4-7,9,15H,1-3H3,(H2,21,22)/t15?,18-/m1/s1. The van der Waals surface area contributed by atoms with Gasteiger partial charge in [0.1, 0.15) is 17.4 Å². The molecule has 0 saturated carbocycles. The molecule has 134 valence electrons. The minimum absolute atomic E-state index is 0.00528. The number of likely N-dealkylation sites (N-methyl/N-ethyl adjacent to an activating group) is 1. The van der Waals surface area contributed by atoms with Gasteiger partial charge in [0.15, 0.2) is 12.1 Å². The second kappa shape index (κ2) is 6.52. The zero-order valence-electron chi connectivity index (χ0n) is 14.5. The number of hydrogen-bond donors (Lipinski definition) is 2. The summed E-state index contributed by atoms with van der Waals surface area (Å²) in [5.74, 6) is -0.870. The lowest BCUT2D eigenvalue weighted by molar-refractivity contribution is -0.144. The molecule has 0 radical (unpaired) electrons. The average molecular weight is 372 g/mol. The summed E-state index contributed by atoms with van der Waals surface area (Å²) in [5.41, 5.74) is 0.580. The third-order valence-corrected chi connectivity index (χ3v) is 5.73. The second-order valence-corrected chi connectivity index (χ2v) is 7.11. The summed E-state index contributed by atoms with van der Waals surface area (Å²) < 4.78 is 19.0. The molecule has 0 aliphatic carbocycles. The topological polar surface area (TPSA) is 89.2 Å². The number of methoxy groups -OCH3 is 1. The summed E-state index contributed by atoms with van der Waals surface area (Å²) in [6.07, 6.45) is -0.795. The molecule has 1 aromatic carbocycles. The van der Waals surface area contributed by atoms with Crippen molar-refractivity contribution in [2.45, 2.75) is 18.6 Å². The number of nitrogens with one attached hydrogen (secondary N) is 2. The van der Waals surface area contributed by atoms with Crippen LogP contribution in [0.15, 0.2) is 29.6 Å². The first-order valence-corrected chi connectivity index (χ1v) is 8.66. The molecule has 1 aliphatic rings. The zero-order chi connectivity index (χ0) is 19.1. The number of benzene rings is 1. The fraction of sp³-hybridized carbons (Fsp3) is 0.278. The van der Waals surface area contributed by atoms with Gasteiger partial charge in [-0.3, -0.25) is 15.1 Å². The number of rotatable bonds is 3. The molecule has 1 amide bonds. The number of halogens is 1. The fourth-order valence-corrected chi connectivity index (χ4v) is 4.06. The molecular weight excluding hydrogens is 355 g/mol. The van der Waals surface area contributed by atoms with Gasteiger partial charge in [-0.2, -0.15) is 5.26 Å². The monoisotopic (exact) mass is 372 g/mol. The van der Waals surface area contributed by atoms with Crippen LogP contribution in [0.3, 0.4) is 0 Å². The Labute approximate surface area is 154 Å². The molecule has 1 saturated heterocycles. The molecular formula is C18H17FN4O2S. The lowest BCUT2D eigenvalue weighted by atomic mass is 9.89. The normalized spacial score (nSPS) is 22.9. The number of carbonyl (C=O) groups is 1. The van der Waals surface area contributed by atoms with Crippen molar-refractivity contribution in [2.24, 2.45) is 0 Å². The highest BCUT2D eigenvalue weighted by Gasteiger charge is 2.48. The third kappa shape index (κ3) is 2.75. The molecule has 8 heteroatoms. The maximum absolute atomic E-state index is 13.6. The maximum atomic E-state index is 13.6. The van der Waals surface area contributed by atoms with E-state index in [1.807, 2.05) is 24.4 Å². The lowest BCUT2D eigenvalue weighted by Gasteiger charge is -2.43. The molecule has 2 aromatic rings. The van der Waals surface area contributed by atoms with Gasteiger partial charge >= 0.3 is 0 Å². The summed E-state index contributed by atoms with van der Waals surface area (Å²) in [7, 11) is 2.98. The van der Waals surface area contributed by atoms with E-state index in [1.165, 1.54) is 42.5 Å². The van der Waals surface area contributed by atoms with E-state index in [0.717, 1.165) is 10.4 Å². The number of amides is 1. The Balaban J connectivity index is 2.02. The van der Waals surface area contributed by atoms with Gasteiger partial charge in [0.25, 0.3) is 5.91 Å². The number of hydrogen-bond acceptors (Lipinski definition) is 5. The fourth-order valence-electron chi connectivity index (χ4n) is 3.01. The van der Waals surface area contributed by atoms with Crippen LogP contribution in [-0.4, -0.2) is 37.0 Å². The van der Waals surface area contributed by atoms with Crippen molar-refractivity contribution >= 4 is 23.2 Å². The Morgan fingerprint density at radius 3 is 2.81 bits per heavy atom. The van der Waals surface area contributed by atoms with Gasteiger partial charge in [-0.15, -0.1) is 11.3 Å². The average Bonchev–Trinajstić information content (AvgIpc) is 3.11. The molecule has 1 fully saturated rings. The van der Waals surface area contributed by atoms with Crippen molar-refractivity contribution in [2.75, 3.05) is 14.2 Å². The highest BCUT2D eigenvalue weighted by molar-refractivity contribution is 7.10. The van der Waals surface area contributed by atoms with Gasteiger partial charge in [-0.1, -0.05) is 6.07 Å². The van der Waals surface area contributed by atoms with E-state index in [9.17, 15) is 9.18 Å². The summed E-state index contributed by atoms with van der Waals surface area (Å²) >= 11 is 1.41. The third-order valence-electron chi connectivity index (χ3n) is 4.56. The first kappa shape index (κ1) is 18.0. The number of thiophene rings is 1. The van der Waals surface area contributed by atoms with E-state index in [0.29, 0.717) is 5.56 Å². The largest absolute Gasteiger partial charge is 0.369 e. The maximum Gasteiger partial charge on any atom is 0.260 e. The summed E-state index contributed by atoms with van der Waals surface area (Å²) in [6.45, 7) is 1.81. The van der Waals surface area contributed by atoms with E-state index in [-0.39, 0.29) is 17.4 Å². The van der Waals surface area contributed by atoms with Gasteiger partial charge in [-0.25, -0.2) is 4.39 Å². The molecule has 1 unspecified atom stereocenters. The van der Waals surface area contributed by atoms with Crippen molar-refractivity contribution in [3.63, 3.8) is 0 Å². The molecule has 0 spiro atoms. The zero-order valence-corrected chi connectivity index (χ0v) is 15.3. The van der Waals surface area contributed by atoms with E-state index in [1.54, 1.807) is 6.07 Å². The summed E-state index contributed by atoms with van der Waals surface area (Å²) in [4.78, 5) is 14.5. The van der Waals surface area contributed by atoms with E-state index < -0.39 is 17.5 Å².